The third-order valence-corrected chi connectivity index (χ3v) is 4.83. The van der Waals surface area contributed by atoms with Crippen LogP contribution >= 0.6 is 0 Å². The molecule has 0 fully saturated rings. The van der Waals surface area contributed by atoms with Gasteiger partial charge in [0.2, 0.25) is 0 Å². The van der Waals surface area contributed by atoms with E-state index in [4.69, 9.17) is 4.74 Å². The zero-order valence-corrected chi connectivity index (χ0v) is 13.2. The van der Waals surface area contributed by atoms with Gasteiger partial charge in [-0.25, -0.2) is 4.98 Å². The van der Waals surface area contributed by atoms with Gasteiger partial charge in [0.1, 0.15) is 12.4 Å². The number of hydrogen-bond acceptors (Lipinski definition) is 4. The summed E-state index contributed by atoms with van der Waals surface area (Å²) in [4.78, 5) is 4.25. The minimum Gasteiger partial charge on any atom is -0.422 e. The Kier molecular flexibility index (Phi) is 4.64. The van der Waals surface area contributed by atoms with Crippen LogP contribution in [0.5, 0.6) is 0 Å². The molecule has 0 aromatic carbocycles. The van der Waals surface area contributed by atoms with E-state index < -0.39 is 15.2 Å². The number of ether oxygens (including phenoxy) is 1. The number of fused-ring (bicyclic) bond motifs is 1. The van der Waals surface area contributed by atoms with Crippen molar-refractivity contribution < 1.29 is 14.8 Å². The highest BCUT2D eigenvalue weighted by molar-refractivity contribution is 6.76. The Hall–Kier alpha value is -1.15. The molecule has 2 N–H and O–H groups in total. The summed E-state index contributed by atoms with van der Waals surface area (Å²) in [7, 11) is -2.62. The normalized spacial score (nSPS) is 12.1. The van der Waals surface area contributed by atoms with Crippen molar-refractivity contribution in [3.8, 4) is 0 Å². The molecular weight excluding hydrogens is 271 g/mol. The van der Waals surface area contributed by atoms with Crippen LogP contribution in [0, 0.1) is 0 Å². The molecule has 7 heteroatoms. The van der Waals surface area contributed by atoms with Gasteiger partial charge in [-0.3, -0.25) is 0 Å². The highest BCUT2D eigenvalue weighted by Gasteiger charge is 2.15. The van der Waals surface area contributed by atoms with E-state index in [0.29, 0.717) is 12.4 Å². The van der Waals surface area contributed by atoms with Crippen LogP contribution in [0.4, 0.5) is 0 Å². The Morgan fingerprint density at radius 3 is 2.65 bits per heavy atom. The molecule has 0 spiro atoms. The van der Waals surface area contributed by atoms with Gasteiger partial charge in [0.25, 0.3) is 0 Å². The van der Waals surface area contributed by atoms with E-state index in [0.717, 1.165) is 18.0 Å². The molecule has 5 nitrogen and oxygen atoms in total. The summed E-state index contributed by atoms with van der Waals surface area (Å²) >= 11 is 0. The molecular formula is C13H21BN2O3Si. The van der Waals surface area contributed by atoms with Crippen LogP contribution < -0.4 is 5.59 Å². The van der Waals surface area contributed by atoms with Gasteiger partial charge in [-0.1, -0.05) is 25.7 Å². The minimum atomic E-state index is -1.55. The predicted octanol–water partition coefficient (Wildman–Crippen LogP) is 1.03. The van der Waals surface area contributed by atoms with E-state index in [1.54, 1.807) is 6.07 Å². The molecule has 0 saturated heterocycles. The van der Waals surface area contributed by atoms with Gasteiger partial charge < -0.3 is 19.4 Å². The molecule has 2 rings (SSSR count). The number of nitrogens with zero attached hydrogens (tertiary/aromatic N) is 2. The molecule has 0 radical (unpaired) electrons. The van der Waals surface area contributed by atoms with E-state index in [-0.39, 0.29) is 5.59 Å². The largest absolute Gasteiger partial charge is 0.508 e. The fraction of sp³-hybridized carbons (Fsp3) is 0.462. The molecule has 0 aliphatic heterocycles. The van der Waals surface area contributed by atoms with E-state index >= 15 is 0 Å². The van der Waals surface area contributed by atoms with E-state index in [2.05, 4.69) is 24.6 Å². The molecule has 2 heterocycles. The maximum atomic E-state index is 9.17. The van der Waals surface area contributed by atoms with Crippen LogP contribution in [0.1, 0.15) is 0 Å². The van der Waals surface area contributed by atoms with Gasteiger partial charge in [-0.2, -0.15) is 0 Å². The summed E-state index contributed by atoms with van der Waals surface area (Å²) < 4.78 is 7.58. The average molecular weight is 292 g/mol. The van der Waals surface area contributed by atoms with Crippen LogP contribution in [0.3, 0.4) is 0 Å². The van der Waals surface area contributed by atoms with E-state index in [1.807, 2.05) is 22.9 Å². The molecule has 2 aromatic rings. The first-order valence-electron chi connectivity index (χ1n) is 6.76. The number of hydrogen-bond donors (Lipinski definition) is 2. The summed E-state index contributed by atoms with van der Waals surface area (Å²) in [5.41, 5.74) is 0.961. The van der Waals surface area contributed by atoms with Gasteiger partial charge in [-0.05, 0) is 18.2 Å². The van der Waals surface area contributed by atoms with Crippen LogP contribution in [0.15, 0.2) is 24.4 Å². The van der Waals surface area contributed by atoms with Gasteiger partial charge >= 0.3 is 7.12 Å². The van der Waals surface area contributed by atoms with Gasteiger partial charge in [0.15, 0.2) is 0 Å². The fourth-order valence-corrected chi connectivity index (χ4v) is 2.62. The molecule has 0 aliphatic rings. The molecule has 0 bridgehead atoms. The zero-order valence-electron chi connectivity index (χ0n) is 12.2. The van der Waals surface area contributed by atoms with Crippen molar-refractivity contribution >= 4 is 31.8 Å². The first-order valence-corrected chi connectivity index (χ1v) is 10.5. The second-order valence-corrected chi connectivity index (χ2v) is 11.8. The fourth-order valence-electron chi connectivity index (χ4n) is 1.86. The van der Waals surface area contributed by atoms with Gasteiger partial charge in [0.05, 0.1) is 5.59 Å². The summed E-state index contributed by atoms with van der Waals surface area (Å²) in [5, 5.41) is 19.3. The summed E-state index contributed by atoms with van der Waals surface area (Å²) in [6.45, 7) is 8.14. The van der Waals surface area contributed by atoms with Crippen LogP contribution in [-0.2, 0) is 11.5 Å². The average Bonchev–Trinajstić information content (AvgIpc) is 2.76. The summed E-state index contributed by atoms with van der Waals surface area (Å²) in [6.07, 6.45) is 1.90. The Morgan fingerprint density at radius 1 is 1.25 bits per heavy atom. The van der Waals surface area contributed by atoms with E-state index in [9.17, 15) is 10.0 Å². The van der Waals surface area contributed by atoms with Crippen molar-refractivity contribution in [2.24, 2.45) is 0 Å². The molecule has 0 saturated carbocycles. The lowest BCUT2D eigenvalue weighted by molar-refractivity contribution is 0.0899. The van der Waals surface area contributed by atoms with Crippen molar-refractivity contribution in [1.82, 2.24) is 9.55 Å². The smallest absolute Gasteiger partial charge is 0.422 e. The maximum Gasteiger partial charge on any atom is 0.508 e. The summed E-state index contributed by atoms with van der Waals surface area (Å²) in [5.74, 6) is 0. The predicted molar refractivity (Wildman–Crippen MR) is 83.7 cm³/mol. The Morgan fingerprint density at radius 2 is 2.00 bits per heavy atom. The zero-order chi connectivity index (χ0) is 14.8. The highest BCUT2D eigenvalue weighted by atomic mass is 28.3. The Bertz CT molecular complexity index is 580. The maximum absolute atomic E-state index is 9.17. The van der Waals surface area contributed by atoms with Gasteiger partial charge in [0, 0.05) is 26.3 Å². The van der Waals surface area contributed by atoms with Crippen molar-refractivity contribution in [1.29, 1.82) is 0 Å². The Labute approximate surface area is 120 Å². The van der Waals surface area contributed by atoms with Crippen LogP contribution in [0.2, 0.25) is 25.7 Å². The number of pyridine rings is 1. The van der Waals surface area contributed by atoms with Crippen molar-refractivity contribution in [3.63, 3.8) is 0 Å². The van der Waals surface area contributed by atoms with Crippen LogP contribution in [-0.4, -0.2) is 41.4 Å². The number of rotatable bonds is 6. The third-order valence-electron chi connectivity index (χ3n) is 3.12. The molecule has 20 heavy (non-hydrogen) atoms. The first-order chi connectivity index (χ1) is 9.37. The van der Waals surface area contributed by atoms with Crippen molar-refractivity contribution in [3.05, 3.63) is 24.4 Å². The second kappa shape index (κ2) is 6.09. The lowest BCUT2D eigenvalue weighted by Crippen LogP contribution is -2.32. The lowest BCUT2D eigenvalue weighted by atomic mass is 9.86. The molecule has 0 atom stereocenters. The topological polar surface area (TPSA) is 67.5 Å². The standard InChI is InChI=1S/C13H21BN2O3Si/c1-20(2,3)9-8-19-10-16-7-6-11-4-5-12(14(17)18)15-13(11)16/h4-7,17-18H,8-10H2,1-3H3. The van der Waals surface area contributed by atoms with Crippen molar-refractivity contribution in [2.75, 3.05) is 6.61 Å². The van der Waals surface area contributed by atoms with Crippen molar-refractivity contribution in [2.45, 2.75) is 32.4 Å². The van der Waals surface area contributed by atoms with Gasteiger partial charge in [-0.15, -0.1) is 0 Å². The molecule has 0 unspecified atom stereocenters. The van der Waals surface area contributed by atoms with E-state index in [1.165, 1.54) is 0 Å². The monoisotopic (exact) mass is 292 g/mol. The quantitative estimate of drug-likeness (QED) is 0.616. The SMILES string of the molecule is C[Si](C)(C)CCOCn1ccc2ccc(B(O)O)nc21. The Balaban J connectivity index is 2.04. The molecule has 0 aliphatic carbocycles. The second-order valence-electron chi connectivity index (χ2n) is 6.16. The number of aromatic nitrogens is 2. The lowest BCUT2D eigenvalue weighted by Gasteiger charge is -2.15. The minimum absolute atomic E-state index is 0.250. The molecule has 108 valence electrons. The van der Waals surface area contributed by atoms with Crippen LogP contribution in [0.25, 0.3) is 11.0 Å². The first kappa shape index (κ1) is 15.2. The summed E-state index contributed by atoms with van der Waals surface area (Å²) in [6, 6.07) is 6.51. The third kappa shape index (κ3) is 3.92. The molecule has 2 aromatic heterocycles. The molecule has 0 amide bonds. The highest BCUT2D eigenvalue weighted by Crippen LogP contribution is 2.13.